The Hall–Kier alpha value is -1.57. The van der Waals surface area contributed by atoms with Crippen molar-refractivity contribution in [3.8, 4) is 0 Å². The predicted molar refractivity (Wildman–Crippen MR) is 65.0 cm³/mol. The summed E-state index contributed by atoms with van der Waals surface area (Å²) in [6.45, 7) is 13.1. The number of rotatable bonds is 2. The normalized spacial score (nSPS) is 8.50. The molecule has 0 aromatic heterocycles. The van der Waals surface area contributed by atoms with Crippen LogP contribution in [0.3, 0.4) is 0 Å². The van der Waals surface area contributed by atoms with Crippen molar-refractivity contribution in [3.63, 3.8) is 0 Å². The monoisotopic (exact) mass is 190 g/mol. The first-order chi connectivity index (χ1) is 6.65. The van der Waals surface area contributed by atoms with Gasteiger partial charge >= 0.3 is 0 Å². The minimum atomic E-state index is 0.525. The molecular weight excluding hydrogens is 172 g/mol. The van der Waals surface area contributed by atoms with Gasteiger partial charge in [-0.3, -0.25) is 4.99 Å². The van der Waals surface area contributed by atoms with Gasteiger partial charge in [-0.15, -0.1) is 0 Å². The largest absolute Gasteiger partial charge is 0.399 e. The summed E-state index contributed by atoms with van der Waals surface area (Å²) >= 11 is 0. The Morgan fingerprint density at radius 2 is 1.93 bits per heavy atom. The Bertz CT molecular complexity index is 327. The summed E-state index contributed by atoms with van der Waals surface area (Å²) in [5.41, 5.74) is 8.88. The molecule has 0 amide bonds. The minimum absolute atomic E-state index is 0.525. The van der Waals surface area contributed by atoms with Crippen LogP contribution in [0.1, 0.15) is 25.0 Å². The smallest absolute Gasteiger partial charge is 0.0717 e. The number of benzene rings is 1. The van der Waals surface area contributed by atoms with Crippen LogP contribution in [0.15, 0.2) is 29.8 Å². The summed E-state index contributed by atoms with van der Waals surface area (Å²) in [5, 5.41) is 0. The molecule has 0 bridgehead atoms. The number of hydrogen-bond acceptors (Lipinski definition) is 2. The molecule has 0 atom stereocenters. The van der Waals surface area contributed by atoms with Crippen LogP contribution >= 0.6 is 0 Å². The SMILES string of the molecule is C=Nc1cc(C)ccc1C(=C)N.CC. The summed E-state index contributed by atoms with van der Waals surface area (Å²) in [7, 11) is 0. The van der Waals surface area contributed by atoms with Crippen LogP contribution in [-0.2, 0) is 0 Å². The predicted octanol–water partition coefficient (Wildman–Crippen LogP) is 3.28. The zero-order chi connectivity index (χ0) is 11.1. The Morgan fingerprint density at radius 3 is 2.36 bits per heavy atom. The van der Waals surface area contributed by atoms with Crippen molar-refractivity contribution >= 4 is 18.1 Å². The maximum atomic E-state index is 5.56. The average Bonchev–Trinajstić information content (AvgIpc) is 2.20. The third-order valence-corrected chi connectivity index (χ3v) is 1.67. The number of hydrogen-bond donors (Lipinski definition) is 1. The van der Waals surface area contributed by atoms with E-state index in [2.05, 4.69) is 18.3 Å². The number of aliphatic imine (C=N–C) groups is 1. The molecule has 0 saturated heterocycles. The topological polar surface area (TPSA) is 38.4 Å². The van der Waals surface area contributed by atoms with E-state index in [1.165, 1.54) is 0 Å². The number of nitrogens with two attached hydrogens (primary N) is 1. The third-order valence-electron chi connectivity index (χ3n) is 1.67. The average molecular weight is 190 g/mol. The van der Waals surface area contributed by atoms with Crippen molar-refractivity contribution in [3.05, 3.63) is 35.9 Å². The molecule has 0 spiro atoms. The molecule has 0 aliphatic heterocycles. The third kappa shape index (κ3) is 3.05. The van der Waals surface area contributed by atoms with Crippen LogP contribution in [0.4, 0.5) is 5.69 Å². The summed E-state index contributed by atoms with van der Waals surface area (Å²) < 4.78 is 0. The standard InChI is InChI=1S/C10H12N2.C2H6/c1-7-4-5-9(8(2)11)10(6-7)12-3;1-2/h4-6H,2-3,11H2,1H3;1-2H3. The van der Waals surface area contributed by atoms with Crippen molar-refractivity contribution in [2.75, 3.05) is 0 Å². The van der Waals surface area contributed by atoms with Gasteiger partial charge in [0.15, 0.2) is 0 Å². The Kier molecular flexibility index (Phi) is 5.30. The molecule has 1 rings (SSSR count). The van der Waals surface area contributed by atoms with Gasteiger partial charge in [-0.1, -0.05) is 32.6 Å². The molecule has 0 unspecified atom stereocenters. The van der Waals surface area contributed by atoms with Crippen molar-refractivity contribution in [2.24, 2.45) is 10.7 Å². The van der Waals surface area contributed by atoms with E-state index in [1.54, 1.807) is 0 Å². The summed E-state index contributed by atoms with van der Waals surface area (Å²) in [6, 6.07) is 5.81. The molecule has 14 heavy (non-hydrogen) atoms. The van der Waals surface area contributed by atoms with Gasteiger partial charge in [0, 0.05) is 11.3 Å². The van der Waals surface area contributed by atoms with E-state index in [0.29, 0.717) is 5.70 Å². The van der Waals surface area contributed by atoms with E-state index < -0.39 is 0 Å². The second-order valence-electron chi connectivity index (χ2n) is 2.70. The number of aryl methyl sites for hydroxylation is 1. The first kappa shape index (κ1) is 12.4. The molecule has 2 N–H and O–H groups in total. The highest BCUT2D eigenvalue weighted by Crippen LogP contribution is 2.23. The van der Waals surface area contributed by atoms with Gasteiger partial charge in [0.05, 0.1) is 5.69 Å². The van der Waals surface area contributed by atoms with E-state index in [4.69, 9.17) is 5.73 Å². The number of nitrogens with zero attached hydrogens (tertiary/aromatic N) is 1. The van der Waals surface area contributed by atoms with E-state index >= 15 is 0 Å². The molecule has 0 radical (unpaired) electrons. The van der Waals surface area contributed by atoms with Gasteiger partial charge in [-0.2, -0.15) is 0 Å². The fourth-order valence-electron chi connectivity index (χ4n) is 1.04. The van der Waals surface area contributed by atoms with Gasteiger partial charge in [-0.05, 0) is 25.3 Å². The van der Waals surface area contributed by atoms with Gasteiger partial charge < -0.3 is 5.73 Å². The minimum Gasteiger partial charge on any atom is -0.399 e. The van der Waals surface area contributed by atoms with Gasteiger partial charge in [0.25, 0.3) is 0 Å². The van der Waals surface area contributed by atoms with Gasteiger partial charge in [-0.25, -0.2) is 0 Å². The summed E-state index contributed by atoms with van der Waals surface area (Å²) in [5.74, 6) is 0. The van der Waals surface area contributed by atoms with Crippen molar-refractivity contribution < 1.29 is 0 Å². The van der Waals surface area contributed by atoms with Crippen molar-refractivity contribution in [2.45, 2.75) is 20.8 Å². The Balaban J connectivity index is 0.000000791. The molecule has 76 valence electrons. The highest BCUT2D eigenvalue weighted by Gasteiger charge is 2.00. The molecule has 1 aromatic rings. The zero-order valence-electron chi connectivity index (χ0n) is 9.17. The molecule has 1 aromatic carbocycles. The van der Waals surface area contributed by atoms with Crippen LogP contribution in [0.25, 0.3) is 5.70 Å². The lowest BCUT2D eigenvalue weighted by molar-refractivity contribution is 1.40. The van der Waals surface area contributed by atoms with Gasteiger partial charge in [0.1, 0.15) is 0 Å². The maximum Gasteiger partial charge on any atom is 0.0717 e. The fourth-order valence-corrected chi connectivity index (χ4v) is 1.04. The molecule has 0 aliphatic carbocycles. The summed E-state index contributed by atoms with van der Waals surface area (Å²) in [4.78, 5) is 3.86. The van der Waals surface area contributed by atoms with Crippen molar-refractivity contribution in [1.82, 2.24) is 0 Å². The molecule has 0 heterocycles. The first-order valence-corrected chi connectivity index (χ1v) is 4.67. The zero-order valence-corrected chi connectivity index (χ0v) is 9.17. The lowest BCUT2D eigenvalue weighted by atomic mass is 10.1. The lowest BCUT2D eigenvalue weighted by Crippen LogP contribution is -1.94. The van der Waals surface area contributed by atoms with Crippen LogP contribution in [-0.4, -0.2) is 6.72 Å². The van der Waals surface area contributed by atoms with Crippen LogP contribution < -0.4 is 5.73 Å². The second-order valence-corrected chi connectivity index (χ2v) is 2.70. The van der Waals surface area contributed by atoms with Crippen LogP contribution in [0.2, 0.25) is 0 Å². The highest BCUT2D eigenvalue weighted by atomic mass is 14.7. The molecule has 0 aliphatic rings. The van der Waals surface area contributed by atoms with E-state index in [9.17, 15) is 0 Å². The summed E-state index contributed by atoms with van der Waals surface area (Å²) in [6.07, 6.45) is 0. The Morgan fingerprint density at radius 1 is 1.36 bits per heavy atom. The molecule has 2 nitrogen and oxygen atoms in total. The van der Waals surface area contributed by atoms with Crippen LogP contribution in [0, 0.1) is 6.92 Å². The molecular formula is C12H18N2. The molecule has 0 fully saturated rings. The van der Waals surface area contributed by atoms with E-state index in [1.807, 2.05) is 39.0 Å². The van der Waals surface area contributed by atoms with Gasteiger partial charge in [0.2, 0.25) is 0 Å². The van der Waals surface area contributed by atoms with E-state index in [0.717, 1.165) is 16.8 Å². The van der Waals surface area contributed by atoms with E-state index in [-0.39, 0.29) is 0 Å². The maximum absolute atomic E-state index is 5.56. The van der Waals surface area contributed by atoms with Crippen molar-refractivity contribution in [1.29, 1.82) is 0 Å². The highest BCUT2D eigenvalue weighted by molar-refractivity contribution is 5.72. The fraction of sp³-hybridized carbons (Fsp3) is 0.250. The second kappa shape index (κ2) is 5.97. The van der Waals surface area contributed by atoms with Crippen LogP contribution in [0.5, 0.6) is 0 Å². The molecule has 0 saturated carbocycles. The lowest BCUT2D eigenvalue weighted by Gasteiger charge is -2.04. The first-order valence-electron chi connectivity index (χ1n) is 4.67. The quantitative estimate of drug-likeness (QED) is 0.714. The Labute approximate surface area is 86.2 Å². The molecule has 2 heteroatoms.